The van der Waals surface area contributed by atoms with E-state index in [-0.39, 0.29) is 5.75 Å². The minimum atomic E-state index is -3.00. The fraction of sp³-hybridized carbons (Fsp3) is 1.00. The van der Waals surface area contributed by atoms with Crippen molar-refractivity contribution in [2.24, 2.45) is 5.92 Å². The third-order valence-corrected chi connectivity index (χ3v) is 4.63. The molecule has 14 heavy (non-hydrogen) atoms. The van der Waals surface area contributed by atoms with Crippen molar-refractivity contribution in [1.82, 2.24) is 4.72 Å². The maximum absolute atomic E-state index is 11.2. The fourth-order valence-corrected chi connectivity index (χ4v) is 2.56. The highest BCUT2D eigenvalue weighted by molar-refractivity contribution is 9.09. The molecule has 0 aromatic carbocycles. The Balaban J connectivity index is 3.54. The van der Waals surface area contributed by atoms with Crippen LogP contribution in [-0.4, -0.2) is 26.0 Å². The molecule has 0 amide bonds. The molecule has 0 rings (SSSR count). The monoisotopic (exact) mass is 285 g/mol. The first kappa shape index (κ1) is 14.4. The molecule has 3 nitrogen and oxygen atoms in total. The summed E-state index contributed by atoms with van der Waals surface area (Å²) in [6.07, 6.45) is 2.64. The van der Waals surface area contributed by atoms with Crippen LogP contribution in [0.5, 0.6) is 0 Å². The Kier molecular flexibility index (Phi) is 7.86. The lowest BCUT2D eigenvalue weighted by molar-refractivity contribution is 0.546. The van der Waals surface area contributed by atoms with E-state index in [1.54, 1.807) is 0 Å². The van der Waals surface area contributed by atoms with E-state index in [1.165, 1.54) is 0 Å². The van der Waals surface area contributed by atoms with Crippen LogP contribution in [0.15, 0.2) is 0 Å². The molecule has 0 aliphatic rings. The van der Waals surface area contributed by atoms with E-state index in [0.717, 1.165) is 18.2 Å². The van der Waals surface area contributed by atoms with Gasteiger partial charge in [0.05, 0.1) is 5.75 Å². The molecule has 0 spiro atoms. The molecule has 0 fully saturated rings. The van der Waals surface area contributed by atoms with E-state index < -0.39 is 10.0 Å². The molecule has 0 aliphatic heterocycles. The number of rotatable bonds is 8. The summed E-state index contributed by atoms with van der Waals surface area (Å²) in [5.74, 6) is 0.853. The van der Waals surface area contributed by atoms with Crippen molar-refractivity contribution in [3.05, 3.63) is 0 Å². The van der Waals surface area contributed by atoms with Gasteiger partial charge in [-0.1, -0.05) is 29.8 Å². The van der Waals surface area contributed by atoms with Gasteiger partial charge >= 0.3 is 0 Å². The van der Waals surface area contributed by atoms with Crippen LogP contribution < -0.4 is 4.72 Å². The van der Waals surface area contributed by atoms with Crippen LogP contribution in [0.3, 0.4) is 0 Å². The van der Waals surface area contributed by atoms with E-state index in [1.807, 2.05) is 6.92 Å². The molecule has 0 radical (unpaired) electrons. The lowest BCUT2D eigenvalue weighted by atomic mass is 10.1. The maximum Gasteiger partial charge on any atom is 0.211 e. The van der Waals surface area contributed by atoms with Gasteiger partial charge in [0.2, 0.25) is 10.0 Å². The summed E-state index contributed by atoms with van der Waals surface area (Å²) in [7, 11) is -3.00. The predicted octanol–water partition coefficient (Wildman–Crippen LogP) is 2.13. The maximum atomic E-state index is 11.2. The van der Waals surface area contributed by atoms with Crippen molar-refractivity contribution >= 4 is 26.0 Å². The number of hydrogen-bond acceptors (Lipinski definition) is 2. The quantitative estimate of drug-likeness (QED) is 0.549. The van der Waals surface area contributed by atoms with Gasteiger partial charge < -0.3 is 0 Å². The predicted molar refractivity (Wildman–Crippen MR) is 64.3 cm³/mol. The molecule has 0 aromatic heterocycles. The topological polar surface area (TPSA) is 46.2 Å². The van der Waals surface area contributed by atoms with E-state index in [9.17, 15) is 8.42 Å². The number of alkyl halides is 1. The van der Waals surface area contributed by atoms with Crippen LogP contribution in [0.25, 0.3) is 0 Å². The second kappa shape index (κ2) is 7.65. The van der Waals surface area contributed by atoms with E-state index in [4.69, 9.17) is 0 Å². The molecule has 1 atom stereocenters. The van der Waals surface area contributed by atoms with E-state index in [2.05, 4.69) is 27.6 Å². The summed E-state index contributed by atoms with van der Waals surface area (Å²) in [4.78, 5) is 0. The normalized spacial score (nSPS) is 14.2. The SMILES string of the molecule is CCCS(=O)(=O)NCCCC(C)CBr. The van der Waals surface area contributed by atoms with Crippen LogP contribution in [0.2, 0.25) is 0 Å². The molecule has 1 N–H and O–H groups in total. The largest absolute Gasteiger partial charge is 0.215 e. The van der Waals surface area contributed by atoms with Gasteiger partial charge in [0.15, 0.2) is 0 Å². The summed E-state index contributed by atoms with van der Waals surface area (Å²) in [5.41, 5.74) is 0. The molecular formula is C9H20BrNO2S. The van der Waals surface area contributed by atoms with Crippen molar-refractivity contribution in [2.45, 2.75) is 33.1 Å². The Morgan fingerprint density at radius 1 is 1.43 bits per heavy atom. The summed E-state index contributed by atoms with van der Waals surface area (Å²) in [5, 5.41) is 0.981. The highest BCUT2D eigenvalue weighted by Crippen LogP contribution is 2.07. The first-order chi connectivity index (χ1) is 6.52. The van der Waals surface area contributed by atoms with Gasteiger partial charge in [-0.25, -0.2) is 13.1 Å². The Labute approximate surface area is 95.8 Å². The Bertz CT molecular complexity index is 229. The molecule has 86 valence electrons. The second-order valence-electron chi connectivity index (χ2n) is 3.61. The molecule has 0 bridgehead atoms. The molecule has 0 heterocycles. The standard InChI is InChI=1S/C9H20BrNO2S/c1-3-7-14(12,13)11-6-4-5-9(2)8-10/h9,11H,3-8H2,1-2H3. The minimum absolute atomic E-state index is 0.237. The smallest absolute Gasteiger partial charge is 0.211 e. The summed E-state index contributed by atoms with van der Waals surface area (Å²) < 4.78 is 25.0. The first-order valence-corrected chi connectivity index (χ1v) is 7.82. The Hall–Kier alpha value is 0.390. The zero-order valence-corrected chi connectivity index (χ0v) is 11.3. The van der Waals surface area contributed by atoms with Gasteiger partial charge in [0.25, 0.3) is 0 Å². The number of nitrogens with one attached hydrogen (secondary N) is 1. The van der Waals surface area contributed by atoms with Crippen LogP contribution in [0.4, 0.5) is 0 Å². The van der Waals surface area contributed by atoms with E-state index >= 15 is 0 Å². The molecule has 0 saturated carbocycles. The van der Waals surface area contributed by atoms with Crippen LogP contribution in [-0.2, 0) is 10.0 Å². The number of hydrogen-bond donors (Lipinski definition) is 1. The van der Waals surface area contributed by atoms with Crippen molar-refractivity contribution < 1.29 is 8.42 Å². The van der Waals surface area contributed by atoms with Crippen LogP contribution in [0, 0.1) is 5.92 Å². The summed E-state index contributed by atoms with van der Waals surface area (Å²) in [6, 6.07) is 0. The number of halogens is 1. The fourth-order valence-electron chi connectivity index (χ4n) is 1.10. The third kappa shape index (κ3) is 7.76. The highest BCUT2D eigenvalue weighted by atomic mass is 79.9. The third-order valence-electron chi connectivity index (χ3n) is 1.93. The van der Waals surface area contributed by atoms with Gasteiger partial charge in [-0.05, 0) is 25.2 Å². The van der Waals surface area contributed by atoms with Gasteiger partial charge in [-0.2, -0.15) is 0 Å². The van der Waals surface area contributed by atoms with Crippen molar-refractivity contribution in [3.63, 3.8) is 0 Å². The summed E-state index contributed by atoms with van der Waals surface area (Å²) in [6.45, 7) is 4.58. The first-order valence-electron chi connectivity index (χ1n) is 5.05. The molecule has 5 heteroatoms. The molecule has 0 aliphatic carbocycles. The van der Waals surface area contributed by atoms with Gasteiger partial charge in [-0.15, -0.1) is 0 Å². The minimum Gasteiger partial charge on any atom is -0.215 e. The van der Waals surface area contributed by atoms with Crippen LogP contribution >= 0.6 is 15.9 Å². The van der Waals surface area contributed by atoms with Crippen molar-refractivity contribution in [2.75, 3.05) is 17.6 Å². The van der Waals surface area contributed by atoms with E-state index in [0.29, 0.717) is 18.9 Å². The second-order valence-corrected chi connectivity index (χ2v) is 6.19. The molecular weight excluding hydrogens is 266 g/mol. The lowest BCUT2D eigenvalue weighted by Gasteiger charge is -2.08. The highest BCUT2D eigenvalue weighted by Gasteiger charge is 2.07. The van der Waals surface area contributed by atoms with Crippen molar-refractivity contribution in [1.29, 1.82) is 0 Å². The molecule has 0 saturated heterocycles. The van der Waals surface area contributed by atoms with Gasteiger partial charge in [0, 0.05) is 11.9 Å². The average molecular weight is 286 g/mol. The van der Waals surface area contributed by atoms with Gasteiger partial charge in [0.1, 0.15) is 0 Å². The van der Waals surface area contributed by atoms with Crippen molar-refractivity contribution in [3.8, 4) is 0 Å². The Morgan fingerprint density at radius 3 is 2.57 bits per heavy atom. The lowest BCUT2D eigenvalue weighted by Crippen LogP contribution is -2.27. The zero-order valence-electron chi connectivity index (χ0n) is 8.92. The molecule has 0 aromatic rings. The van der Waals surface area contributed by atoms with Crippen LogP contribution in [0.1, 0.15) is 33.1 Å². The average Bonchev–Trinajstić information content (AvgIpc) is 2.12. The Morgan fingerprint density at radius 2 is 2.07 bits per heavy atom. The zero-order chi connectivity index (χ0) is 11.0. The number of sulfonamides is 1. The molecule has 1 unspecified atom stereocenters. The summed E-state index contributed by atoms with van der Waals surface area (Å²) >= 11 is 3.39. The van der Waals surface area contributed by atoms with Gasteiger partial charge in [-0.3, -0.25) is 0 Å².